The average molecular weight is 202 g/mol. The average Bonchev–Trinajstić information content (AvgIpc) is 2.13. The van der Waals surface area contributed by atoms with Crippen LogP contribution in [-0.2, 0) is 4.79 Å². The number of hydrogen-bond donors (Lipinski definition) is 3. The van der Waals surface area contributed by atoms with Gasteiger partial charge in [-0.15, -0.1) is 0 Å². The third kappa shape index (κ3) is 8.01. The van der Waals surface area contributed by atoms with Gasteiger partial charge in [0.25, 0.3) is 0 Å². The van der Waals surface area contributed by atoms with Crippen molar-refractivity contribution in [1.29, 1.82) is 0 Å². The minimum Gasteiger partial charge on any atom is -0.393 e. The first-order chi connectivity index (χ1) is 6.56. The highest BCUT2D eigenvalue weighted by Crippen LogP contribution is 2.02. The summed E-state index contributed by atoms with van der Waals surface area (Å²) in [4.78, 5) is 11.2. The normalized spacial score (nSPS) is 14.9. The molecule has 0 spiro atoms. The molecule has 0 rings (SSSR count). The summed E-state index contributed by atoms with van der Waals surface area (Å²) in [6.07, 6.45) is 1.62. The van der Waals surface area contributed by atoms with Crippen molar-refractivity contribution < 1.29 is 9.90 Å². The first-order valence-corrected chi connectivity index (χ1v) is 5.21. The number of nitrogens with one attached hydrogen (secondary N) is 1. The molecule has 0 aliphatic rings. The van der Waals surface area contributed by atoms with Crippen LogP contribution >= 0.6 is 0 Å². The first-order valence-electron chi connectivity index (χ1n) is 5.21. The molecule has 0 saturated carbocycles. The Bertz CT molecular complexity index is 160. The fraction of sp³-hybridized carbons (Fsp3) is 0.900. The Morgan fingerprint density at radius 1 is 1.43 bits per heavy atom. The number of carbonyl (C=O) groups is 1. The highest BCUT2D eigenvalue weighted by molar-refractivity contribution is 5.75. The van der Waals surface area contributed by atoms with E-state index >= 15 is 0 Å². The molecule has 4 heteroatoms. The van der Waals surface area contributed by atoms with Crippen molar-refractivity contribution in [3.63, 3.8) is 0 Å². The number of nitrogens with two attached hydrogens (primary N) is 1. The van der Waals surface area contributed by atoms with Gasteiger partial charge >= 0.3 is 0 Å². The lowest BCUT2D eigenvalue weighted by Gasteiger charge is -2.09. The summed E-state index contributed by atoms with van der Waals surface area (Å²) in [5.41, 5.74) is 5.43. The van der Waals surface area contributed by atoms with Crippen LogP contribution in [0.5, 0.6) is 0 Å². The van der Waals surface area contributed by atoms with Gasteiger partial charge in [0.15, 0.2) is 0 Å². The van der Waals surface area contributed by atoms with Gasteiger partial charge < -0.3 is 16.2 Å². The molecule has 0 aliphatic heterocycles. The second-order valence-electron chi connectivity index (χ2n) is 3.87. The largest absolute Gasteiger partial charge is 0.393 e. The molecule has 0 radical (unpaired) electrons. The molecule has 0 aromatic rings. The van der Waals surface area contributed by atoms with Gasteiger partial charge in [0, 0.05) is 13.0 Å². The van der Waals surface area contributed by atoms with Gasteiger partial charge in [0.05, 0.1) is 6.10 Å². The Balaban J connectivity index is 3.37. The molecule has 0 aliphatic carbocycles. The van der Waals surface area contributed by atoms with Gasteiger partial charge in [-0.05, 0) is 32.2 Å². The Morgan fingerprint density at radius 3 is 2.57 bits per heavy atom. The van der Waals surface area contributed by atoms with E-state index in [1.54, 1.807) is 6.92 Å². The van der Waals surface area contributed by atoms with E-state index in [-0.39, 0.29) is 12.0 Å². The molecule has 0 aromatic carbocycles. The van der Waals surface area contributed by atoms with Crippen LogP contribution in [0.4, 0.5) is 0 Å². The third-order valence-corrected chi connectivity index (χ3v) is 2.15. The molecular formula is C10H22N2O2. The SMILES string of the molecule is CC(O)CCNC(=O)CCC(C)CN. The maximum Gasteiger partial charge on any atom is 0.220 e. The fourth-order valence-corrected chi connectivity index (χ4v) is 1.00. The Hall–Kier alpha value is -0.610. The maximum atomic E-state index is 11.2. The molecule has 0 aromatic heterocycles. The number of rotatable bonds is 7. The molecule has 4 nitrogen and oxygen atoms in total. The summed E-state index contributed by atoms with van der Waals surface area (Å²) >= 11 is 0. The predicted molar refractivity (Wildman–Crippen MR) is 56.8 cm³/mol. The van der Waals surface area contributed by atoms with Crippen molar-refractivity contribution in [2.45, 2.75) is 39.2 Å². The van der Waals surface area contributed by atoms with E-state index in [1.807, 2.05) is 6.92 Å². The number of aliphatic hydroxyl groups excluding tert-OH is 1. The zero-order valence-electron chi connectivity index (χ0n) is 9.12. The van der Waals surface area contributed by atoms with Gasteiger partial charge in [0.1, 0.15) is 0 Å². The molecule has 1 amide bonds. The minimum atomic E-state index is -0.349. The standard InChI is InChI=1S/C10H22N2O2/c1-8(7-11)3-4-10(14)12-6-5-9(2)13/h8-9,13H,3-7,11H2,1-2H3,(H,12,14). The Kier molecular flexibility index (Phi) is 7.42. The molecular weight excluding hydrogens is 180 g/mol. The smallest absolute Gasteiger partial charge is 0.220 e. The summed E-state index contributed by atoms with van der Waals surface area (Å²) in [7, 11) is 0. The highest BCUT2D eigenvalue weighted by atomic mass is 16.3. The van der Waals surface area contributed by atoms with Gasteiger partial charge in [-0.1, -0.05) is 6.92 Å². The highest BCUT2D eigenvalue weighted by Gasteiger charge is 2.05. The van der Waals surface area contributed by atoms with Crippen LogP contribution in [0.1, 0.15) is 33.1 Å². The summed E-state index contributed by atoms with van der Waals surface area (Å²) in [6.45, 7) is 4.92. The van der Waals surface area contributed by atoms with E-state index in [0.717, 1.165) is 6.42 Å². The number of carbonyl (C=O) groups excluding carboxylic acids is 1. The van der Waals surface area contributed by atoms with Crippen molar-refractivity contribution in [2.24, 2.45) is 11.7 Å². The van der Waals surface area contributed by atoms with Crippen LogP contribution in [-0.4, -0.2) is 30.2 Å². The monoisotopic (exact) mass is 202 g/mol. The number of hydrogen-bond acceptors (Lipinski definition) is 3. The van der Waals surface area contributed by atoms with Crippen molar-refractivity contribution in [3.8, 4) is 0 Å². The van der Waals surface area contributed by atoms with E-state index in [2.05, 4.69) is 5.32 Å². The molecule has 14 heavy (non-hydrogen) atoms. The van der Waals surface area contributed by atoms with Crippen molar-refractivity contribution >= 4 is 5.91 Å². The molecule has 2 atom stereocenters. The maximum absolute atomic E-state index is 11.2. The van der Waals surface area contributed by atoms with Crippen LogP contribution in [0.15, 0.2) is 0 Å². The van der Waals surface area contributed by atoms with E-state index < -0.39 is 0 Å². The van der Waals surface area contributed by atoms with E-state index in [9.17, 15) is 4.79 Å². The van der Waals surface area contributed by atoms with E-state index in [0.29, 0.717) is 31.8 Å². The number of aliphatic hydroxyl groups is 1. The fourth-order valence-electron chi connectivity index (χ4n) is 1.00. The zero-order valence-corrected chi connectivity index (χ0v) is 9.12. The first kappa shape index (κ1) is 13.4. The van der Waals surface area contributed by atoms with Crippen LogP contribution < -0.4 is 11.1 Å². The van der Waals surface area contributed by atoms with Crippen molar-refractivity contribution in [1.82, 2.24) is 5.32 Å². The van der Waals surface area contributed by atoms with Crippen LogP contribution in [0.3, 0.4) is 0 Å². The van der Waals surface area contributed by atoms with Crippen molar-refractivity contribution in [3.05, 3.63) is 0 Å². The number of amides is 1. The van der Waals surface area contributed by atoms with Crippen molar-refractivity contribution in [2.75, 3.05) is 13.1 Å². The van der Waals surface area contributed by atoms with Crippen LogP contribution in [0.2, 0.25) is 0 Å². The summed E-state index contributed by atoms with van der Waals surface area (Å²) in [5.74, 6) is 0.448. The van der Waals surface area contributed by atoms with Gasteiger partial charge in [-0.3, -0.25) is 4.79 Å². The predicted octanol–water partition coefficient (Wildman–Crippen LogP) is 0.249. The second-order valence-corrected chi connectivity index (χ2v) is 3.87. The molecule has 0 saturated heterocycles. The molecule has 0 fully saturated rings. The Labute approximate surface area is 85.9 Å². The second kappa shape index (κ2) is 7.76. The molecule has 4 N–H and O–H groups in total. The molecule has 84 valence electrons. The Morgan fingerprint density at radius 2 is 2.07 bits per heavy atom. The van der Waals surface area contributed by atoms with Crippen LogP contribution in [0.25, 0.3) is 0 Å². The topological polar surface area (TPSA) is 75.3 Å². The summed E-state index contributed by atoms with van der Waals surface area (Å²) in [6, 6.07) is 0. The summed E-state index contributed by atoms with van der Waals surface area (Å²) < 4.78 is 0. The third-order valence-electron chi connectivity index (χ3n) is 2.15. The summed E-state index contributed by atoms with van der Waals surface area (Å²) in [5, 5.41) is 11.7. The lowest BCUT2D eigenvalue weighted by molar-refractivity contribution is -0.121. The van der Waals surface area contributed by atoms with Crippen LogP contribution in [0, 0.1) is 5.92 Å². The van der Waals surface area contributed by atoms with Gasteiger partial charge in [-0.2, -0.15) is 0 Å². The molecule has 2 unspecified atom stereocenters. The quantitative estimate of drug-likeness (QED) is 0.554. The van der Waals surface area contributed by atoms with E-state index in [4.69, 9.17) is 10.8 Å². The van der Waals surface area contributed by atoms with Gasteiger partial charge in [-0.25, -0.2) is 0 Å². The van der Waals surface area contributed by atoms with Gasteiger partial charge in [0.2, 0.25) is 5.91 Å². The van der Waals surface area contributed by atoms with E-state index in [1.165, 1.54) is 0 Å². The zero-order chi connectivity index (χ0) is 11.0. The molecule has 0 heterocycles. The minimum absolute atomic E-state index is 0.0472. The lowest BCUT2D eigenvalue weighted by atomic mass is 10.1. The lowest BCUT2D eigenvalue weighted by Crippen LogP contribution is -2.27. The molecule has 0 bridgehead atoms.